The number of benzene rings is 1. The molecule has 0 radical (unpaired) electrons. The number of hydrogen-bond donors (Lipinski definition) is 2. The Balaban J connectivity index is 1.78. The van der Waals surface area contributed by atoms with Crippen molar-refractivity contribution < 1.29 is 9.21 Å². The van der Waals surface area contributed by atoms with Crippen LogP contribution in [0, 0.1) is 0 Å². The van der Waals surface area contributed by atoms with Gasteiger partial charge < -0.3 is 15.1 Å². The van der Waals surface area contributed by atoms with Gasteiger partial charge >= 0.3 is 0 Å². The number of rotatable bonds is 2. The Morgan fingerprint density at radius 3 is 2.95 bits per heavy atom. The summed E-state index contributed by atoms with van der Waals surface area (Å²) in [6, 6.07) is 9.06. The number of nitrogens with one attached hydrogen (secondary N) is 2. The molecule has 1 aromatic carbocycles. The van der Waals surface area contributed by atoms with E-state index in [1.165, 1.54) is 11.1 Å². The maximum atomic E-state index is 11.9. The molecular formula is C14H13ClN2O2. The van der Waals surface area contributed by atoms with Crippen LogP contribution in [0.4, 0.5) is 5.69 Å². The van der Waals surface area contributed by atoms with Gasteiger partial charge in [-0.05, 0) is 60.0 Å². The molecule has 0 spiro atoms. The lowest BCUT2D eigenvalue weighted by molar-refractivity contribution is 0.0997. The van der Waals surface area contributed by atoms with Crippen molar-refractivity contribution in [1.82, 2.24) is 5.32 Å². The second-order valence-electron chi connectivity index (χ2n) is 4.47. The maximum Gasteiger partial charge on any atom is 0.291 e. The lowest BCUT2D eigenvalue weighted by Crippen LogP contribution is -2.23. The highest BCUT2D eigenvalue weighted by molar-refractivity contribution is 6.29. The van der Waals surface area contributed by atoms with Crippen LogP contribution in [0.25, 0.3) is 0 Å². The smallest absolute Gasteiger partial charge is 0.291 e. The molecule has 0 saturated heterocycles. The molecule has 2 N–H and O–H groups in total. The van der Waals surface area contributed by atoms with E-state index in [1.54, 1.807) is 12.1 Å². The van der Waals surface area contributed by atoms with E-state index in [9.17, 15) is 4.79 Å². The molecule has 4 nitrogen and oxygen atoms in total. The van der Waals surface area contributed by atoms with E-state index in [2.05, 4.69) is 16.7 Å². The zero-order chi connectivity index (χ0) is 13.2. The molecule has 3 rings (SSSR count). The van der Waals surface area contributed by atoms with Gasteiger partial charge in [-0.15, -0.1) is 0 Å². The van der Waals surface area contributed by atoms with Gasteiger partial charge in [0.15, 0.2) is 11.0 Å². The standard InChI is InChI=1S/C14H13ClN2O2/c15-13-4-3-12(19-13)14(18)17-11-2-1-9-5-6-16-8-10(9)7-11/h1-4,7,16H,5-6,8H2,(H,17,18). The Morgan fingerprint density at radius 1 is 1.26 bits per heavy atom. The average Bonchev–Trinajstić information content (AvgIpc) is 2.85. The fraction of sp³-hybridized carbons (Fsp3) is 0.214. The van der Waals surface area contributed by atoms with Gasteiger partial charge in [0, 0.05) is 12.2 Å². The molecule has 1 aliphatic rings. The van der Waals surface area contributed by atoms with E-state index in [4.69, 9.17) is 16.0 Å². The second-order valence-corrected chi connectivity index (χ2v) is 4.84. The Morgan fingerprint density at radius 2 is 2.16 bits per heavy atom. The third kappa shape index (κ3) is 2.64. The molecule has 1 amide bonds. The van der Waals surface area contributed by atoms with Crippen molar-refractivity contribution in [3.63, 3.8) is 0 Å². The minimum absolute atomic E-state index is 0.208. The van der Waals surface area contributed by atoms with Crippen LogP contribution in [0.15, 0.2) is 34.7 Å². The largest absolute Gasteiger partial charge is 0.440 e. The van der Waals surface area contributed by atoms with Crippen LogP contribution in [0.3, 0.4) is 0 Å². The Labute approximate surface area is 115 Å². The van der Waals surface area contributed by atoms with Gasteiger partial charge in [-0.25, -0.2) is 0 Å². The first-order valence-corrected chi connectivity index (χ1v) is 6.49. The van der Waals surface area contributed by atoms with Crippen molar-refractivity contribution in [3.05, 3.63) is 52.4 Å². The molecule has 1 aromatic heterocycles. The molecular weight excluding hydrogens is 264 g/mol. The first kappa shape index (κ1) is 12.3. The summed E-state index contributed by atoms with van der Waals surface area (Å²) in [5.74, 6) is -0.0866. The third-order valence-corrected chi connectivity index (χ3v) is 3.35. The van der Waals surface area contributed by atoms with E-state index >= 15 is 0 Å². The minimum atomic E-state index is -0.296. The fourth-order valence-electron chi connectivity index (χ4n) is 2.19. The summed E-state index contributed by atoms with van der Waals surface area (Å²) in [5, 5.41) is 6.32. The number of furan rings is 1. The Bertz CT molecular complexity index is 622. The molecule has 98 valence electrons. The summed E-state index contributed by atoms with van der Waals surface area (Å²) in [5.41, 5.74) is 3.32. The number of carbonyl (C=O) groups is 1. The van der Waals surface area contributed by atoms with Crippen LogP contribution < -0.4 is 10.6 Å². The first-order valence-electron chi connectivity index (χ1n) is 6.11. The van der Waals surface area contributed by atoms with Crippen LogP contribution in [0.2, 0.25) is 5.22 Å². The van der Waals surface area contributed by atoms with Crippen LogP contribution in [0.1, 0.15) is 21.7 Å². The quantitative estimate of drug-likeness (QED) is 0.887. The topological polar surface area (TPSA) is 54.3 Å². The number of amides is 1. The third-order valence-electron chi connectivity index (χ3n) is 3.15. The van der Waals surface area contributed by atoms with Crippen molar-refractivity contribution in [2.45, 2.75) is 13.0 Å². The number of anilines is 1. The summed E-state index contributed by atoms with van der Waals surface area (Å²) in [7, 11) is 0. The fourth-order valence-corrected chi connectivity index (χ4v) is 2.33. The predicted octanol–water partition coefficient (Wildman–Crippen LogP) is 2.83. The number of fused-ring (bicyclic) bond motifs is 1. The van der Waals surface area contributed by atoms with Gasteiger partial charge in [-0.3, -0.25) is 4.79 Å². The molecule has 1 aliphatic heterocycles. The number of halogens is 1. The molecule has 5 heteroatoms. The summed E-state index contributed by atoms with van der Waals surface area (Å²) < 4.78 is 5.07. The number of hydrogen-bond acceptors (Lipinski definition) is 3. The second kappa shape index (κ2) is 5.07. The van der Waals surface area contributed by atoms with Gasteiger partial charge in [0.25, 0.3) is 5.91 Å². The van der Waals surface area contributed by atoms with E-state index in [-0.39, 0.29) is 16.9 Å². The highest BCUT2D eigenvalue weighted by Gasteiger charge is 2.13. The zero-order valence-electron chi connectivity index (χ0n) is 10.2. The lowest BCUT2D eigenvalue weighted by Gasteiger charge is -2.17. The van der Waals surface area contributed by atoms with E-state index in [0.717, 1.165) is 25.2 Å². The normalized spacial score (nSPS) is 13.9. The molecule has 2 aromatic rings. The maximum absolute atomic E-state index is 11.9. The minimum Gasteiger partial charge on any atom is -0.440 e. The zero-order valence-corrected chi connectivity index (χ0v) is 11.0. The van der Waals surface area contributed by atoms with Crippen LogP contribution in [-0.2, 0) is 13.0 Å². The molecule has 19 heavy (non-hydrogen) atoms. The molecule has 0 atom stereocenters. The SMILES string of the molecule is O=C(Nc1ccc2c(c1)CNCC2)c1ccc(Cl)o1. The summed E-state index contributed by atoms with van der Waals surface area (Å²) in [4.78, 5) is 11.9. The van der Waals surface area contributed by atoms with Gasteiger partial charge in [-0.1, -0.05) is 6.07 Å². The molecule has 0 bridgehead atoms. The lowest BCUT2D eigenvalue weighted by atomic mass is 10.0. The number of carbonyl (C=O) groups excluding carboxylic acids is 1. The van der Waals surface area contributed by atoms with Crippen molar-refractivity contribution in [2.24, 2.45) is 0 Å². The molecule has 0 fully saturated rings. The Hall–Kier alpha value is -1.78. The van der Waals surface area contributed by atoms with E-state index < -0.39 is 0 Å². The monoisotopic (exact) mass is 276 g/mol. The van der Waals surface area contributed by atoms with Crippen molar-refractivity contribution in [1.29, 1.82) is 0 Å². The highest BCUT2D eigenvalue weighted by atomic mass is 35.5. The van der Waals surface area contributed by atoms with Crippen molar-refractivity contribution >= 4 is 23.2 Å². The molecule has 0 aliphatic carbocycles. The summed E-state index contributed by atoms with van der Waals surface area (Å²) in [6.45, 7) is 1.84. The summed E-state index contributed by atoms with van der Waals surface area (Å²) in [6.07, 6.45) is 1.03. The van der Waals surface area contributed by atoms with Crippen molar-refractivity contribution in [2.75, 3.05) is 11.9 Å². The first-order chi connectivity index (χ1) is 9.22. The van der Waals surface area contributed by atoms with E-state index in [0.29, 0.717) is 0 Å². The molecule has 2 heterocycles. The molecule has 0 saturated carbocycles. The van der Waals surface area contributed by atoms with E-state index in [1.807, 2.05) is 12.1 Å². The predicted molar refractivity (Wildman–Crippen MR) is 73.5 cm³/mol. The van der Waals surface area contributed by atoms with Crippen LogP contribution in [0.5, 0.6) is 0 Å². The van der Waals surface area contributed by atoms with Gasteiger partial charge in [-0.2, -0.15) is 0 Å². The highest BCUT2D eigenvalue weighted by Crippen LogP contribution is 2.20. The van der Waals surface area contributed by atoms with Crippen LogP contribution in [-0.4, -0.2) is 12.5 Å². The van der Waals surface area contributed by atoms with Crippen molar-refractivity contribution in [3.8, 4) is 0 Å². The van der Waals surface area contributed by atoms with Gasteiger partial charge in [0.1, 0.15) is 0 Å². The van der Waals surface area contributed by atoms with Gasteiger partial charge in [0.05, 0.1) is 0 Å². The van der Waals surface area contributed by atoms with Gasteiger partial charge in [0.2, 0.25) is 0 Å². The Kier molecular flexibility index (Phi) is 3.27. The molecule has 0 unspecified atom stereocenters. The van der Waals surface area contributed by atoms with Crippen LogP contribution >= 0.6 is 11.6 Å². The average molecular weight is 277 g/mol. The summed E-state index contributed by atoms with van der Waals surface area (Å²) >= 11 is 5.65.